The van der Waals surface area contributed by atoms with Crippen LogP contribution in [0.15, 0.2) is 42.5 Å². The smallest absolute Gasteiger partial charge is 0.232 e. The van der Waals surface area contributed by atoms with Gasteiger partial charge in [0.05, 0.1) is 19.1 Å². The lowest BCUT2D eigenvalue weighted by atomic mass is 10.2. The van der Waals surface area contributed by atoms with Crippen LogP contribution in [-0.2, 0) is 14.8 Å². The van der Waals surface area contributed by atoms with E-state index in [-0.39, 0.29) is 18.9 Å². The number of ether oxygens (including phenoxy) is 1. The summed E-state index contributed by atoms with van der Waals surface area (Å²) in [6.45, 7) is 1.81. The maximum absolute atomic E-state index is 12.2. The minimum Gasteiger partial charge on any atom is -0.497 e. The third-order valence-electron chi connectivity index (χ3n) is 3.74. The number of nitrogens with one attached hydrogen (secondary N) is 1. The van der Waals surface area contributed by atoms with Crippen LogP contribution in [0.5, 0.6) is 5.75 Å². The van der Waals surface area contributed by atoms with Crippen LogP contribution in [0.1, 0.15) is 12.0 Å². The Bertz CT molecular complexity index is 883. The molecule has 0 unspecified atom stereocenters. The highest BCUT2D eigenvalue weighted by molar-refractivity contribution is 7.92. The molecule has 0 spiro atoms. The van der Waals surface area contributed by atoms with Crippen molar-refractivity contribution in [3.05, 3.63) is 53.1 Å². The van der Waals surface area contributed by atoms with E-state index in [4.69, 9.17) is 16.3 Å². The van der Waals surface area contributed by atoms with Crippen molar-refractivity contribution in [2.24, 2.45) is 0 Å². The molecule has 2 aromatic carbocycles. The maximum Gasteiger partial charge on any atom is 0.232 e. The minimum absolute atomic E-state index is 0.0150. The fraction of sp³-hybridized carbons (Fsp3) is 0.278. The number of aryl methyl sites for hydroxylation is 1. The number of sulfonamides is 1. The second-order valence-corrected chi connectivity index (χ2v) is 8.14. The number of methoxy groups -OCH3 is 1. The van der Waals surface area contributed by atoms with Crippen molar-refractivity contribution in [2.75, 3.05) is 29.5 Å². The Kier molecular flexibility index (Phi) is 6.50. The molecule has 0 fully saturated rings. The van der Waals surface area contributed by atoms with Crippen LogP contribution < -0.4 is 14.4 Å². The third-order valence-corrected chi connectivity index (χ3v) is 5.16. The molecule has 26 heavy (non-hydrogen) atoms. The molecule has 0 bridgehead atoms. The molecule has 0 aliphatic heterocycles. The molecule has 8 heteroatoms. The zero-order valence-electron chi connectivity index (χ0n) is 14.8. The largest absolute Gasteiger partial charge is 0.497 e. The summed E-state index contributed by atoms with van der Waals surface area (Å²) in [7, 11) is -1.98. The third kappa shape index (κ3) is 5.37. The first-order valence-electron chi connectivity index (χ1n) is 7.88. The standard InChI is InChI=1S/C18H21ClN2O4S/c1-13-12-14(19)4-9-17(13)21(26(3,23)24)11-10-18(22)20-15-5-7-16(25-2)8-6-15/h4-9,12H,10-11H2,1-3H3,(H,20,22). The average Bonchev–Trinajstić information content (AvgIpc) is 2.56. The van der Waals surface area contributed by atoms with Gasteiger partial charge in [-0.1, -0.05) is 11.6 Å². The van der Waals surface area contributed by atoms with Gasteiger partial charge in [-0.15, -0.1) is 0 Å². The van der Waals surface area contributed by atoms with Gasteiger partial charge in [0.15, 0.2) is 0 Å². The fourth-order valence-corrected chi connectivity index (χ4v) is 3.68. The number of rotatable bonds is 7. The molecule has 1 amide bonds. The predicted octanol–water partition coefficient (Wildman–Crippen LogP) is 3.45. The number of hydrogen-bond donors (Lipinski definition) is 1. The molecule has 2 aromatic rings. The number of hydrogen-bond acceptors (Lipinski definition) is 4. The number of benzene rings is 2. The van der Waals surface area contributed by atoms with Crippen molar-refractivity contribution in [2.45, 2.75) is 13.3 Å². The molecule has 0 radical (unpaired) electrons. The van der Waals surface area contributed by atoms with Gasteiger partial charge >= 0.3 is 0 Å². The molecular formula is C18H21ClN2O4S. The van der Waals surface area contributed by atoms with Crippen LogP contribution in [0.25, 0.3) is 0 Å². The highest BCUT2D eigenvalue weighted by Crippen LogP contribution is 2.26. The van der Waals surface area contributed by atoms with Crippen molar-refractivity contribution in [3.63, 3.8) is 0 Å². The highest BCUT2D eigenvalue weighted by atomic mass is 35.5. The topological polar surface area (TPSA) is 75.7 Å². The van der Waals surface area contributed by atoms with E-state index in [1.54, 1.807) is 56.5 Å². The second kappa shape index (κ2) is 8.42. The summed E-state index contributed by atoms with van der Waals surface area (Å²) in [6, 6.07) is 11.8. The molecule has 140 valence electrons. The van der Waals surface area contributed by atoms with Gasteiger partial charge in [0.25, 0.3) is 0 Å². The summed E-state index contributed by atoms with van der Waals surface area (Å²) >= 11 is 5.93. The van der Waals surface area contributed by atoms with Crippen LogP contribution >= 0.6 is 11.6 Å². The molecule has 1 N–H and O–H groups in total. The van der Waals surface area contributed by atoms with Crippen molar-refractivity contribution in [1.29, 1.82) is 0 Å². The van der Waals surface area contributed by atoms with Crippen molar-refractivity contribution in [1.82, 2.24) is 0 Å². The van der Waals surface area contributed by atoms with Gasteiger partial charge in [-0.25, -0.2) is 8.42 Å². The Morgan fingerprint density at radius 1 is 1.19 bits per heavy atom. The molecular weight excluding hydrogens is 376 g/mol. The van der Waals surface area contributed by atoms with E-state index in [1.165, 1.54) is 4.31 Å². The average molecular weight is 397 g/mol. The van der Waals surface area contributed by atoms with E-state index >= 15 is 0 Å². The summed E-state index contributed by atoms with van der Waals surface area (Å²) in [5.41, 5.74) is 1.84. The van der Waals surface area contributed by atoms with Crippen molar-refractivity contribution < 1.29 is 17.9 Å². The van der Waals surface area contributed by atoms with E-state index in [2.05, 4.69) is 5.32 Å². The van der Waals surface area contributed by atoms with E-state index in [0.29, 0.717) is 22.1 Å². The Morgan fingerprint density at radius 2 is 1.85 bits per heavy atom. The lowest BCUT2D eigenvalue weighted by molar-refractivity contribution is -0.116. The van der Waals surface area contributed by atoms with E-state index in [1.807, 2.05) is 0 Å². The monoisotopic (exact) mass is 396 g/mol. The first-order chi connectivity index (χ1) is 12.2. The minimum atomic E-state index is -3.54. The number of amides is 1. The van der Waals surface area contributed by atoms with Gasteiger partial charge in [-0.05, 0) is 55.0 Å². The predicted molar refractivity (Wildman–Crippen MR) is 105 cm³/mol. The van der Waals surface area contributed by atoms with E-state index < -0.39 is 10.0 Å². The van der Waals surface area contributed by atoms with E-state index in [0.717, 1.165) is 11.8 Å². The Balaban J connectivity index is 2.08. The number of nitrogens with zero attached hydrogens (tertiary/aromatic N) is 1. The molecule has 0 atom stereocenters. The maximum atomic E-state index is 12.2. The zero-order chi connectivity index (χ0) is 19.3. The van der Waals surface area contributed by atoms with Gasteiger partial charge in [0, 0.05) is 23.7 Å². The Morgan fingerprint density at radius 3 is 2.38 bits per heavy atom. The van der Waals surface area contributed by atoms with Crippen LogP contribution in [-0.4, -0.2) is 34.2 Å². The van der Waals surface area contributed by atoms with Crippen LogP contribution in [0.4, 0.5) is 11.4 Å². The van der Waals surface area contributed by atoms with Crippen LogP contribution in [0, 0.1) is 6.92 Å². The number of anilines is 2. The first-order valence-corrected chi connectivity index (χ1v) is 10.1. The van der Waals surface area contributed by atoms with Crippen molar-refractivity contribution in [3.8, 4) is 5.75 Å². The SMILES string of the molecule is COc1ccc(NC(=O)CCN(c2ccc(Cl)cc2C)S(C)(=O)=O)cc1. The first kappa shape index (κ1) is 20.1. The lowest BCUT2D eigenvalue weighted by Gasteiger charge is -2.24. The lowest BCUT2D eigenvalue weighted by Crippen LogP contribution is -2.33. The number of halogens is 1. The molecule has 0 aliphatic rings. The summed E-state index contributed by atoms with van der Waals surface area (Å²) in [4.78, 5) is 12.2. The van der Waals surface area contributed by atoms with Crippen molar-refractivity contribution >= 4 is 38.9 Å². The van der Waals surface area contributed by atoms with Gasteiger partial charge in [0.1, 0.15) is 5.75 Å². The molecule has 6 nitrogen and oxygen atoms in total. The molecule has 0 saturated carbocycles. The fourth-order valence-electron chi connectivity index (χ4n) is 2.46. The van der Waals surface area contributed by atoms with Gasteiger partial charge < -0.3 is 10.1 Å². The second-order valence-electron chi connectivity index (χ2n) is 5.79. The molecule has 0 aliphatic carbocycles. The zero-order valence-corrected chi connectivity index (χ0v) is 16.4. The molecule has 0 aromatic heterocycles. The molecule has 0 heterocycles. The number of carbonyl (C=O) groups is 1. The van der Waals surface area contributed by atoms with Gasteiger partial charge in [-0.3, -0.25) is 9.10 Å². The number of carbonyl (C=O) groups excluding carboxylic acids is 1. The quantitative estimate of drug-likeness (QED) is 0.777. The van der Waals surface area contributed by atoms with Gasteiger partial charge in [0.2, 0.25) is 15.9 Å². The van der Waals surface area contributed by atoms with Gasteiger partial charge in [-0.2, -0.15) is 0 Å². The summed E-state index contributed by atoms with van der Waals surface area (Å²) in [5.74, 6) is 0.403. The highest BCUT2D eigenvalue weighted by Gasteiger charge is 2.20. The van der Waals surface area contributed by atoms with Crippen LogP contribution in [0.2, 0.25) is 5.02 Å². The van der Waals surface area contributed by atoms with Crippen LogP contribution in [0.3, 0.4) is 0 Å². The normalized spacial score (nSPS) is 11.1. The summed E-state index contributed by atoms with van der Waals surface area (Å²) in [6.07, 6.45) is 1.13. The molecule has 0 saturated heterocycles. The summed E-state index contributed by atoms with van der Waals surface area (Å²) in [5, 5.41) is 3.26. The molecule has 2 rings (SSSR count). The summed E-state index contributed by atoms with van der Waals surface area (Å²) < 4.78 is 30.6. The Labute approximate surface area is 158 Å². The van der Waals surface area contributed by atoms with E-state index in [9.17, 15) is 13.2 Å². The Hall–Kier alpha value is -2.25.